The molecule has 2 aromatic carbocycles. The summed E-state index contributed by atoms with van der Waals surface area (Å²) in [5.74, 6) is 1.73. The maximum Gasteiger partial charge on any atom is 0.231 e. The van der Waals surface area contributed by atoms with E-state index < -0.39 is 5.41 Å². The number of ether oxygens (including phenoxy) is 2. The maximum absolute atomic E-state index is 13.3. The molecule has 0 radical (unpaired) electrons. The average Bonchev–Trinajstić information content (AvgIpc) is 3.24. The van der Waals surface area contributed by atoms with Crippen LogP contribution in [0.1, 0.15) is 54.7 Å². The number of carbonyl (C=O) groups is 1. The Hall–Kier alpha value is -2.95. The third kappa shape index (κ3) is 2.87. The molecule has 0 unspecified atom stereocenters. The van der Waals surface area contributed by atoms with Gasteiger partial charge in [-0.3, -0.25) is 4.79 Å². The van der Waals surface area contributed by atoms with E-state index in [0.717, 1.165) is 57.8 Å². The molecule has 29 heavy (non-hydrogen) atoms. The zero-order valence-electron chi connectivity index (χ0n) is 17.1. The number of nitrogens with two attached hydrogens (primary N) is 1. The lowest BCUT2D eigenvalue weighted by atomic mass is 9.87. The Bertz CT molecular complexity index is 1150. The quantitative estimate of drug-likeness (QED) is 0.622. The number of ketones is 1. The molecule has 0 bridgehead atoms. The number of fused-ring (bicyclic) bond motifs is 2. The predicted octanol–water partition coefficient (Wildman–Crippen LogP) is 5.36. The SMILES string of the molecule is CC(C)(C)c1[nH]c2ccc(CC(=O)C3(c4ccc5c(c4)OCO5)CC3)cc2c1N.[HH].[HH].[HH]. The van der Waals surface area contributed by atoms with E-state index in [2.05, 4.69) is 31.8 Å². The van der Waals surface area contributed by atoms with Crippen LogP contribution in [0, 0.1) is 0 Å². The molecule has 5 heteroatoms. The van der Waals surface area contributed by atoms with Gasteiger partial charge in [0.25, 0.3) is 0 Å². The van der Waals surface area contributed by atoms with Crippen molar-refractivity contribution in [1.29, 1.82) is 0 Å². The number of carbonyl (C=O) groups excluding carboxylic acids is 1. The van der Waals surface area contributed by atoms with Gasteiger partial charge < -0.3 is 20.2 Å². The molecule has 0 spiro atoms. The van der Waals surface area contributed by atoms with Crippen LogP contribution in [0.5, 0.6) is 11.5 Å². The molecule has 3 aromatic rings. The van der Waals surface area contributed by atoms with E-state index in [1.807, 2.05) is 30.3 Å². The van der Waals surface area contributed by atoms with Crippen molar-refractivity contribution in [2.45, 2.75) is 50.9 Å². The Balaban J connectivity index is 0.00000121. The van der Waals surface area contributed by atoms with Crippen LogP contribution in [-0.2, 0) is 22.0 Å². The highest BCUT2D eigenvalue weighted by atomic mass is 16.7. The molecule has 1 saturated carbocycles. The monoisotopic (exact) mass is 396 g/mol. The molecule has 1 fully saturated rings. The van der Waals surface area contributed by atoms with Gasteiger partial charge in [0.1, 0.15) is 5.78 Å². The van der Waals surface area contributed by atoms with Gasteiger partial charge in [0.15, 0.2) is 11.5 Å². The van der Waals surface area contributed by atoms with Crippen molar-refractivity contribution in [3.8, 4) is 11.5 Å². The van der Waals surface area contributed by atoms with Crippen LogP contribution >= 0.6 is 0 Å². The number of nitrogens with one attached hydrogen (secondary N) is 1. The molecule has 2 heterocycles. The van der Waals surface area contributed by atoms with E-state index in [1.165, 1.54) is 0 Å². The number of hydrogen-bond donors (Lipinski definition) is 2. The average molecular weight is 397 g/mol. The summed E-state index contributed by atoms with van der Waals surface area (Å²) >= 11 is 0. The normalized spacial score (nSPS) is 16.9. The zero-order valence-corrected chi connectivity index (χ0v) is 17.1. The molecule has 1 aliphatic heterocycles. The number of Topliss-reactive ketones (excluding diaryl/α,β-unsaturated/α-hetero) is 1. The third-order valence-electron chi connectivity index (χ3n) is 6.23. The van der Waals surface area contributed by atoms with E-state index in [-0.39, 0.29) is 22.3 Å². The molecule has 3 N–H and O–H groups in total. The highest BCUT2D eigenvalue weighted by molar-refractivity contribution is 5.97. The Kier molecular flexibility index (Phi) is 3.76. The Labute approximate surface area is 174 Å². The lowest BCUT2D eigenvalue weighted by Gasteiger charge is -2.17. The summed E-state index contributed by atoms with van der Waals surface area (Å²) in [7, 11) is 0. The molecular formula is C24H32N2O3. The van der Waals surface area contributed by atoms with E-state index in [1.54, 1.807) is 0 Å². The Morgan fingerprint density at radius 1 is 1.14 bits per heavy atom. The molecule has 5 rings (SSSR count). The van der Waals surface area contributed by atoms with Crippen LogP contribution in [0.4, 0.5) is 5.69 Å². The van der Waals surface area contributed by atoms with Crippen molar-refractivity contribution in [2.75, 3.05) is 12.5 Å². The lowest BCUT2D eigenvalue weighted by molar-refractivity contribution is -0.120. The van der Waals surface area contributed by atoms with Gasteiger partial charge in [0.2, 0.25) is 6.79 Å². The number of aromatic amines is 1. The molecule has 0 amide bonds. The highest BCUT2D eigenvalue weighted by Gasteiger charge is 2.50. The van der Waals surface area contributed by atoms with Crippen LogP contribution in [0.15, 0.2) is 36.4 Å². The van der Waals surface area contributed by atoms with Crippen LogP contribution in [0.2, 0.25) is 0 Å². The number of hydrogen-bond acceptors (Lipinski definition) is 4. The third-order valence-corrected chi connectivity index (χ3v) is 6.23. The first-order valence-electron chi connectivity index (χ1n) is 10.1. The van der Waals surface area contributed by atoms with E-state index in [4.69, 9.17) is 15.2 Å². The summed E-state index contributed by atoms with van der Waals surface area (Å²) in [6.45, 7) is 6.66. The first-order valence-corrected chi connectivity index (χ1v) is 10.1. The molecule has 156 valence electrons. The molecule has 0 atom stereocenters. The summed E-state index contributed by atoms with van der Waals surface area (Å²) in [4.78, 5) is 16.7. The molecular weight excluding hydrogens is 364 g/mol. The van der Waals surface area contributed by atoms with Gasteiger partial charge in [0, 0.05) is 32.7 Å². The second kappa shape index (κ2) is 6.02. The van der Waals surface area contributed by atoms with Gasteiger partial charge in [-0.1, -0.05) is 32.9 Å². The summed E-state index contributed by atoms with van der Waals surface area (Å²) in [5.41, 5.74) is 10.8. The topological polar surface area (TPSA) is 77.3 Å². The lowest BCUT2D eigenvalue weighted by Crippen LogP contribution is -2.22. The second-order valence-electron chi connectivity index (χ2n) is 9.29. The summed E-state index contributed by atoms with van der Waals surface area (Å²) < 4.78 is 10.9. The summed E-state index contributed by atoms with van der Waals surface area (Å²) in [6, 6.07) is 12.0. The van der Waals surface area contributed by atoms with Crippen LogP contribution < -0.4 is 15.2 Å². The van der Waals surface area contributed by atoms with E-state index in [9.17, 15) is 4.79 Å². The van der Waals surface area contributed by atoms with Crippen LogP contribution in [-0.4, -0.2) is 17.6 Å². The predicted molar refractivity (Wildman–Crippen MR) is 120 cm³/mol. The minimum atomic E-state index is -0.393. The van der Waals surface area contributed by atoms with Gasteiger partial charge in [-0.05, 0) is 48.2 Å². The fourth-order valence-electron chi connectivity index (χ4n) is 4.36. The first kappa shape index (κ1) is 18.1. The standard InChI is InChI=1S/C24H26N2O3.3H2/c1-23(2,3)22-21(25)16-10-14(4-6-17(16)26-22)11-20(27)24(8-9-24)15-5-7-18-19(12-15)29-13-28-18;;;/h4-7,10,12,26H,8-9,11,13,25H2,1-3H3;3*1H. The van der Waals surface area contributed by atoms with Crippen molar-refractivity contribution in [2.24, 2.45) is 0 Å². The van der Waals surface area contributed by atoms with Crippen LogP contribution in [0.3, 0.4) is 0 Å². The number of H-pyrrole nitrogens is 1. The highest BCUT2D eigenvalue weighted by Crippen LogP contribution is 2.51. The fourth-order valence-corrected chi connectivity index (χ4v) is 4.36. The van der Waals surface area contributed by atoms with Crippen molar-refractivity contribution in [1.82, 2.24) is 4.98 Å². The summed E-state index contributed by atoms with van der Waals surface area (Å²) in [5, 5.41) is 0.994. The number of benzene rings is 2. The maximum atomic E-state index is 13.3. The Morgan fingerprint density at radius 2 is 1.90 bits per heavy atom. The number of nitrogen functional groups attached to an aromatic ring is 1. The first-order chi connectivity index (χ1) is 13.8. The zero-order chi connectivity index (χ0) is 20.4. The van der Waals surface area contributed by atoms with Gasteiger partial charge in [-0.25, -0.2) is 0 Å². The van der Waals surface area contributed by atoms with Gasteiger partial charge >= 0.3 is 0 Å². The minimum Gasteiger partial charge on any atom is -0.454 e. The second-order valence-corrected chi connectivity index (χ2v) is 9.29. The van der Waals surface area contributed by atoms with E-state index >= 15 is 0 Å². The fraction of sp³-hybridized carbons (Fsp3) is 0.375. The number of aromatic nitrogens is 1. The van der Waals surface area contributed by atoms with Crippen LogP contribution in [0.25, 0.3) is 10.9 Å². The number of anilines is 1. The van der Waals surface area contributed by atoms with Crippen molar-refractivity contribution in [3.05, 3.63) is 53.2 Å². The van der Waals surface area contributed by atoms with Crippen molar-refractivity contribution < 1.29 is 18.5 Å². The smallest absolute Gasteiger partial charge is 0.231 e. The Morgan fingerprint density at radius 3 is 2.62 bits per heavy atom. The molecule has 1 aromatic heterocycles. The molecule has 1 aliphatic carbocycles. The van der Waals surface area contributed by atoms with E-state index in [0.29, 0.717) is 6.42 Å². The largest absolute Gasteiger partial charge is 0.454 e. The number of rotatable bonds is 4. The summed E-state index contributed by atoms with van der Waals surface area (Å²) in [6.07, 6.45) is 2.17. The van der Waals surface area contributed by atoms with Crippen molar-refractivity contribution >= 4 is 22.4 Å². The molecule has 2 aliphatic rings. The van der Waals surface area contributed by atoms with Gasteiger partial charge in [0.05, 0.1) is 11.1 Å². The molecule has 5 nitrogen and oxygen atoms in total. The van der Waals surface area contributed by atoms with Gasteiger partial charge in [-0.15, -0.1) is 0 Å². The minimum absolute atomic E-state index is 0. The molecule has 0 saturated heterocycles. The van der Waals surface area contributed by atoms with Gasteiger partial charge in [-0.2, -0.15) is 0 Å². The van der Waals surface area contributed by atoms with Crippen molar-refractivity contribution in [3.63, 3.8) is 0 Å².